The molecule has 5 heteroatoms. The molecule has 0 spiro atoms. The molecule has 2 atom stereocenters. The predicted octanol–water partition coefficient (Wildman–Crippen LogP) is 0.506. The molecule has 0 aromatic heterocycles. The van der Waals surface area contributed by atoms with E-state index in [0.29, 0.717) is 0 Å². The minimum absolute atomic E-state index is 0.0459. The van der Waals surface area contributed by atoms with Crippen LogP contribution in [0.5, 0.6) is 0 Å². The lowest BCUT2D eigenvalue weighted by Crippen LogP contribution is -2.48. The first kappa shape index (κ1) is 14.0. The molecule has 1 aliphatic heterocycles. The number of carboxylic acid groups (broad SMARTS) is 1. The molecular formula is C12H22N2O3. The second-order valence-electron chi connectivity index (χ2n) is 5.22. The van der Waals surface area contributed by atoms with Gasteiger partial charge in [0.25, 0.3) is 0 Å². The van der Waals surface area contributed by atoms with Gasteiger partial charge < -0.3 is 14.9 Å². The number of nitrogens with zero attached hydrogens (tertiary/aromatic N) is 2. The van der Waals surface area contributed by atoms with E-state index in [1.807, 2.05) is 20.9 Å². The van der Waals surface area contributed by atoms with Gasteiger partial charge in [-0.2, -0.15) is 0 Å². The Morgan fingerprint density at radius 2 is 2.00 bits per heavy atom. The van der Waals surface area contributed by atoms with Crippen molar-refractivity contribution in [1.82, 2.24) is 9.80 Å². The Labute approximate surface area is 102 Å². The number of rotatable bonds is 4. The minimum Gasteiger partial charge on any atom is -0.480 e. The molecule has 0 saturated carbocycles. The number of carbonyl (C=O) groups excluding carboxylic acids is 1. The van der Waals surface area contributed by atoms with Crippen molar-refractivity contribution in [1.29, 1.82) is 0 Å². The number of hydrogen-bond donors (Lipinski definition) is 1. The molecule has 98 valence electrons. The van der Waals surface area contributed by atoms with E-state index in [1.165, 1.54) is 4.90 Å². The lowest BCUT2D eigenvalue weighted by atomic mass is 10.0. The molecule has 1 fully saturated rings. The van der Waals surface area contributed by atoms with Crippen molar-refractivity contribution in [2.24, 2.45) is 11.8 Å². The van der Waals surface area contributed by atoms with Crippen molar-refractivity contribution in [3.05, 3.63) is 0 Å². The van der Waals surface area contributed by atoms with Crippen LogP contribution in [-0.4, -0.2) is 60.0 Å². The minimum atomic E-state index is -0.929. The molecular weight excluding hydrogens is 220 g/mol. The van der Waals surface area contributed by atoms with Crippen molar-refractivity contribution in [2.75, 3.05) is 27.2 Å². The largest absolute Gasteiger partial charge is 0.480 e. The summed E-state index contributed by atoms with van der Waals surface area (Å²) in [5, 5.41) is 9.15. The quantitative estimate of drug-likeness (QED) is 0.780. The zero-order chi connectivity index (χ0) is 13.2. The fraction of sp³-hybridized carbons (Fsp3) is 0.833. The fourth-order valence-electron chi connectivity index (χ4n) is 2.46. The number of hydrogen-bond acceptors (Lipinski definition) is 3. The van der Waals surface area contributed by atoms with Crippen molar-refractivity contribution in [3.63, 3.8) is 0 Å². The maximum absolute atomic E-state index is 12.2. The molecule has 1 N–H and O–H groups in total. The first-order valence-electron chi connectivity index (χ1n) is 6.02. The van der Waals surface area contributed by atoms with E-state index in [0.717, 1.165) is 19.5 Å². The van der Waals surface area contributed by atoms with Crippen molar-refractivity contribution < 1.29 is 14.7 Å². The number of likely N-dealkylation sites (tertiary alicyclic amines) is 1. The van der Waals surface area contributed by atoms with E-state index in [-0.39, 0.29) is 17.7 Å². The van der Waals surface area contributed by atoms with Gasteiger partial charge in [0.05, 0.1) is 5.92 Å². The summed E-state index contributed by atoms with van der Waals surface area (Å²) in [4.78, 5) is 26.8. The van der Waals surface area contributed by atoms with Crippen LogP contribution < -0.4 is 0 Å². The first-order chi connectivity index (χ1) is 7.84. The first-order valence-corrected chi connectivity index (χ1v) is 6.02. The molecule has 5 nitrogen and oxygen atoms in total. The normalized spacial score (nSPS) is 22.8. The van der Waals surface area contributed by atoms with E-state index in [2.05, 4.69) is 4.90 Å². The smallest absolute Gasteiger partial charge is 0.326 e. The van der Waals surface area contributed by atoms with Crippen molar-refractivity contribution in [3.8, 4) is 0 Å². The summed E-state index contributed by atoms with van der Waals surface area (Å²) < 4.78 is 0. The third-order valence-corrected chi connectivity index (χ3v) is 3.39. The van der Waals surface area contributed by atoms with Gasteiger partial charge in [-0.25, -0.2) is 4.79 Å². The number of amides is 1. The van der Waals surface area contributed by atoms with Crippen LogP contribution in [0.15, 0.2) is 0 Å². The Morgan fingerprint density at radius 1 is 1.41 bits per heavy atom. The predicted molar refractivity (Wildman–Crippen MR) is 64.6 cm³/mol. The van der Waals surface area contributed by atoms with Crippen molar-refractivity contribution in [2.45, 2.75) is 26.3 Å². The molecule has 1 rings (SSSR count). The molecule has 1 amide bonds. The van der Waals surface area contributed by atoms with Gasteiger partial charge in [0.2, 0.25) is 5.91 Å². The third kappa shape index (κ3) is 3.19. The zero-order valence-corrected chi connectivity index (χ0v) is 11.0. The highest BCUT2D eigenvalue weighted by molar-refractivity contribution is 5.85. The Kier molecular flexibility index (Phi) is 4.51. The summed E-state index contributed by atoms with van der Waals surface area (Å²) in [6.45, 7) is 5.28. The van der Waals surface area contributed by atoms with Crippen LogP contribution in [0.4, 0.5) is 0 Å². The summed E-state index contributed by atoms with van der Waals surface area (Å²) in [7, 11) is 3.57. The van der Waals surface area contributed by atoms with Crippen LogP contribution in [0.2, 0.25) is 0 Å². The van der Waals surface area contributed by atoms with Gasteiger partial charge in [0, 0.05) is 13.6 Å². The van der Waals surface area contributed by atoms with E-state index in [4.69, 9.17) is 5.11 Å². The number of likely N-dealkylation sites (N-methyl/N-ethyl adjacent to an activating group) is 1. The lowest BCUT2D eigenvalue weighted by molar-refractivity contribution is -0.152. The van der Waals surface area contributed by atoms with E-state index >= 15 is 0 Å². The molecule has 1 heterocycles. The summed E-state index contributed by atoms with van der Waals surface area (Å²) in [6.07, 6.45) is 0.824. The summed E-state index contributed by atoms with van der Waals surface area (Å²) in [6, 6.07) is -0.728. The zero-order valence-electron chi connectivity index (χ0n) is 11.0. The Hall–Kier alpha value is -1.10. The average Bonchev–Trinajstić information content (AvgIpc) is 2.62. The van der Waals surface area contributed by atoms with Gasteiger partial charge in [-0.1, -0.05) is 13.8 Å². The van der Waals surface area contributed by atoms with Crippen molar-refractivity contribution >= 4 is 11.9 Å². The Morgan fingerprint density at radius 3 is 2.35 bits per heavy atom. The molecule has 1 unspecified atom stereocenters. The van der Waals surface area contributed by atoms with E-state index in [9.17, 15) is 9.59 Å². The maximum atomic E-state index is 12.2. The Balaban J connectivity index is 2.70. The SMILES string of the molecule is CC(C)C(C(=O)O)N(C)C(=O)[C@H]1CCN(C)C1. The highest BCUT2D eigenvalue weighted by atomic mass is 16.4. The molecule has 1 aliphatic rings. The fourth-order valence-corrected chi connectivity index (χ4v) is 2.46. The van der Waals surface area contributed by atoms with Gasteiger partial charge in [-0.3, -0.25) is 4.79 Å². The second-order valence-corrected chi connectivity index (χ2v) is 5.22. The topological polar surface area (TPSA) is 60.9 Å². The maximum Gasteiger partial charge on any atom is 0.326 e. The molecule has 17 heavy (non-hydrogen) atoms. The van der Waals surface area contributed by atoms with Gasteiger partial charge in [-0.15, -0.1) is 0 Å². The summed E-state index contributed by atoms with van der Waals surface area (Å²) >= 11 is 0. The number of aliphatic carboxylic acids is 1. The third-order valence-electron chi connectivity index (χ3n) is 3.39. The molecule has 0 aliphatic carbocycles. The average molecular weight is 242 g/mol. The number of carbonyl (C=O) groups is 2. The monoisotopic (exact) mass is 242 g/mol. The highest BCUT2D eigenvalue weighted by Gasteiger charge is 2.35. The van der Waals surface area contributed by atoms with Crippen LogP contribution in [0.25, 0.3) is 0 Å². The summed E-state index contributed by atoms with van der Waals surface area (Å²) in [5.74, 6) is -1.11. The van der Waals surface area contributed by atoms with Gasteiger partial charge >= 0.3 is 5.97 Å². The van der Waals surface area contributed by atoms with Crippen LogP contribution in [0.3, 0.4) is 0 Å². The van der Waals surface area contributed by atoms with Gasteiger partial charge in [0.15, 0.2) is 0 Å². The standard InChI is InChI=1S/C12H22N2O3/c1-8(2)10(12(16)17)14(4)11(15)9-5-6-13(3)7-9/h8-10H,5-7H2,1-4H3,(H,16,17)/t9-,10?/m0/s1. The van der Waals surface area contributed by atoms with Gasteiger partial charge in [-0.05, 0) is 25.9 Å². The summed E-state index contributed by atoms with van der Waals surface area (Å²) in [5.41, 5.74) is 0. The van der Waals surface area contributed by atoms with E-state index < -0.39 is 12.0 Å². The Bertz CT molecular complexity index is 304. The lowest BCUT2D eigenvalue weighted by Gasteiger charge is -2.29. The van der Waals surface area contributed by atoms with Crippen LogP contribution in [0.1, 0.15) is 20.3 Å². The van der Waals surface area contributed by atoms with Crippen LogP contribution >= 0.6 is 0 Å². The highest BCUT2D eigenvalue weighted by Crippen LogP contribution is 2.19. The second kappa shape index (κ2) is 5.49. The van der Waals surface area contributed by atoms with Crippen LogP contribution in [0, 0.1) is 11.8 Å². The number of carboxylic acids is 1. The molecule has 0 aromatic rings. The molecule has 1 saturated heterocycles. The van der Waals surface area contributed by atoms with E-state index in [1.54, 1.807) is 7.05 Å². The van der Waals surface area contributed by atoms with Gasteiger partial charge in [0.1, 0.15) is 6.04 Å². The molecule has 0 radical (unpaired) electrons. The van der Waals surface area contributed by atoms with Crippen LogP contribution in [-0.2, 0) is 9.59 Å². The molecule has 0 aromatic carbocycles. The molecule has 0 bridgehead atoms.